The maximum Gasteiger partial charge on any atom is 0.220 e. The van der Waals surface area contributed by atoms with Crippen molar-refractivity contribution < 1.29 is 22.7 Å². The molecule has 0 amide bonds. The predicted octanol–water partition coefficient (Wildman–Crippen LogP) is 30.4. The van der Waals surface area contributed by atoms with Crippen LogP contribution in [-0.2, 0) is 28.2 Å². The Hall–Kier alpha value is -11.8. The fourth-order valence-corrected chi connectivity index (χ4v) is 18.7. The minimum Gasteiger partial charge on any atom is -0.206 e. The Morgan fingerprint density at radius 3 is 0.901 bits per heavy atom. The van der Waals surface area contributed by atoms with E-state index in [1.807, 2.05) is 43.3 Å². The van der Waals surface area contributed by atoms with Crippen molar-refractivity contribution in [3.63, 3.8) is 0 Å². The summed E-state index contributed by atoms with van der Waals surface area (Å²) in [7, 11) is 8.55. The van der Waals surface area contributed by atoms with Gasteiger partial charge in [-0.15, -0.1) is 0 Å². The minimum absolute atomic E-state index is 0.179. The third kappa shape index (κ3) is 19.0. The van der Waals surface area contributed by atoms with E-state index >= 15 is 0 Å². The molecule has 121 heavy (non-hydrogen) atoms. The zero-order valence-electron chi connectivity index (χ0n) is 75.5. The van der Waals surface area contributed by atoms with E-state index in [1.165, 1.54) is 199 Å². The molecular weight excluding hydrogens is 1470 g/mol. The summed E-state index contributed by atoms with van der Waals surface area (Å²) in [5, 5.41) is 10.4. The van der Waals surface area contributed by atoms with Gasteiger partial charge in [0, 0.05) is 29.8 Å². The zero-order valence-corrected chi connectivity index (χ0v) is 75.5. The third-order valence-corrected chi connectivity index (χ3v) is 26.2. The standard InChI is InChI=1S/C31H36N.C29H32N.C28H29FN.C28H30N/c1-7-23(8-2)25-14-15-28-26(18-25)16-17-32(6)31(28)30-20-27(24-12-10-9-11-13-24)19-29(21(3)4)22(30)5;1-6-22(7-2)24-13-14-27-25(18-24)15-16-30(5)29(27)28-19-26(17-20(3)21(28)4)23-11-9-8-10-12-23;1-5-20(6-2)22-12-13-24-23(17-22)14-15-30(4)28(24)25-18-26(27(29)16-19(25)3)21-10-8-7-9-11-21;1-5-21(6-2)23-14-15-26-25(18-23)16-17-29(4)28(26)27-19-24(13-12-20(27)3)22-10-8-7-9-11-22/h9-21,23H,7-8H2,1-6H3;8-19,22H,6-7H2,1-5H3;7-18,20H,5-6H2,1-4H3;7-19,21H,5-6H2,1-4H3/q4*+1. The topological polar surface area (TPSA) is 15.5 Å². The van der Waals surface area contributed by atoms with Crippen molar-refractivity contribution in [1.82, 2.24) is 0 Å². The van der Waals surface area contributed by atoms with E-state index in [4.69, 9.17) is 0 Å². The molecule has 0 atom stereocenters. The van der Waals surface area contributed by atoms with E-state index < -0.39 is 0 Å². The monoisotopic (exact) mass is 1600 g/mol. The van der Waals surface area contributed by atoms with Gasteiger partial charge in [-0.25, -0.2) is 22.7 Å². The molecule has 0 fully saturated rings. The summed E-state index contributed by atoms with van der Waals surface area (Å²) in [6.07, 6.45) is 18.1. The number of benzene rings is 12. The van der Waals surface area contributed by atoms with Crippen molar-refractivity contribution in [3.8, 4) is 89.5 Å². The van der Waals surface area contributed by atoms with Gasteiger partial charge in [-0.1, -0.05) is 263 Å². The molecule has 16 rings (SSSR count). The highest BCUT2D eigenvalue weighted by Gasteiger charge is 2.27. The number of fused-ring (bicyclic) bond motifs is 4. The second-order valence-electron chi connectivity index (χ2n) is 34.0. The minimum atomic E-state index is -0.179. The molecule has 0 unspecified atom stereocenters. The highest BCUT2D eigenvalue weighted by Crippen LogP contribution is 2.42. The average molecular weight is 1600 g/mol. The van der Waals surface area contributed by atoms with Crippen molar-refractivity contribution in [2.45, 2.75) is 185 Å². The molecule has 614 valence electrons. The fraction of sp³-hybridized carbons (Fsp3) is 0.276. The van der Waals surface area contributed by atoms with Gasteiger partial charge in [-0.2, -0.15) is 0 Å². The van der Waals surface area contributed by atoms with E-state index in [1.54, 1.807) is 6.07 Å². The first-order valence-electron chi connectivity index (χ1n) is 44.7. The third-order valence-electron chi connectivity index (χ3n) is 26.2. The summed E-state index contributed by atoms with van der Waals surface area (Å²) in [5.41, 5.74) is 32.7. The van der Waals surface area contributed by atoms with Gasteiger partial charge in [-0.05, 0) is 286 Å². The number of halogens is 1. The summed E-state index contributed by atoms with van der Waals surface area (Å²) in [6, 6.07) is 98.8. The Bertz CT molecular complexity index is 6280. The lowest BCUT2D eigenvalue weighted by Crippen LogP contribution is -2.31. The van der Waals surface area contributed by atoms with Crippen LogP contribution in [0.3, 0.4) is 0 Å². The van der Waals surface area contributed by atoms with Crippen molar-refractivity contribution in [1.29, 1.82) is 0 Å². The number of hydrogen-bond donors (Lipinski definition) is 0. The summed E-state index contributed by atoms with van der Waals surface area (Å²) in [4.78, 5) is 0. The molecular formula is C116H127FN4+4. The van der Waals surface area contributed by atoms with Gasteiger partial charge < -0.3 is 0 Å². The summed E-state index contributed by atoms with van der Waals surface area (Å²) < 4.78 is 23.8. The number of pyridine rings is 4. The normalized spacial score (nSPS) is 11.4. The van der Waals surface area contributed by atoms with Crippen LogP contribution in [0, 0.1) is 40.4 Å². The first-order valence-corrected chi connectivity index (χ1v) is 44.7. The second-order valence-corrected chi connectivity index (χ2v) is 34.0. The molecule has 5 heteroatoms. The summed E-state index contributed by atoms with van der Waals surface area (Å²) >= 11 is 0. The first-order chi connectivity index (χ1) is 58.6. The fourth-order valence-electron chi connectivity index (χ4n) is 18.7. The summed E-state index contributed by atoms with van der Waals surface area (Å²) in [5.74, 6) is 2.79. The molecule has 0 aliphatic carbocycles. The zero-order chi connectivity index (χ0) is 85.7. The molecule has 4 nitrogen and oxygen atoms in total. The largest absolute Gasteiger partial charge is 0.220 e. The SMILES string of the molecule is CCC(CC)c1ccc2c(-c3cc(-c4ccccc4)c(F)cc3C)[n+](C)ccc2c1.CCC(CC)c1ccc2c(-c3cc(-c4ccccc4)cc(C(C)C)c3C)[n+](C)ccc2c1.CCC(CC)c1ccc2c(-c3cc(-c4ccccc4)cc(C)c3C)[n+](C)ccc2c1.CCC(CC)c1ccc2c(-c3cc(-c4ccccc4)ccc3C)[n+](C)ccc2c1. The van der Waals surface area contributed by atoms with Crippen molar-refractivity contribution >= 4 is 43.1 Å². The van der Waals surface area contributed by atoms with Crippen molar-refractivity contribution in [2.75, 3.05) is 0 Å². The lowest BCUT2D eigenvalue weighted by atomic mass is 9.87. The van der Waals surface area contributed by atoms with Crippen LogP contribution in [0.4, 0.5) is 4.39 Å². The van der Waals surface area contributed by atoms with E-state index in [0.29, 0.717) is 35.2 Å². The van der Waals surface area contributed by atoms with Crippen molar-refractivity contribution in [2.24, 2.45) is 28.2 Å². The van der Waals surface area contributed by atoms with E-state index in [-0.39, 0.29) is 5.82 Å². The quantitative estimate of drug-likeness (QED) is 0.0637. The highest BCUT2D eigenvalue weighted by atomic mass is 19.1. The van der Waals surface area contributed by atoms with Crippen LogP contribution in [0.1, 0.15) is 206 Å². The van der Waals surface area contributed by atoms with Gasteiger partial charge in [0.1, 0.15) is 34.0 Å². The molecule has 4 aromatic heterocycles. The molecule has 0 radical (unpaired) electrons. The Morgan fingerprint density at radius 1 is 0.248 bits per heavy atom. The maximum absolute atomic E-state index is 14.9. The highest BCUT2D eigenvalue weighted by molar-refractivity contribution is 5.99. The van der Waals surface area contributed by atoms with Crippen LogP contribution in [-0.4, -0.2) is 0 Å². The van der Waals surface area contributed by atoms with Gasteiger partial charge in [0.25, 0.3) is 0 Å². The van der Waals surface area contributed by atoms with Crippen LogP contribution in [0.25, 0.3) is 133 Å². The molecule has 0 N–H and O–H groups in total. The van der Waals surface area contributed by atoms with Gasteiger partial charge in [-0.3, -0.25) is 0 Å². The molecule has 0 spiro atoms. The molecule has 0 aliphatic rings. The van der Waals surface area contributed by atoms with E-state index in [0.717, 1.165) is 35.2 Å². The molecule has 0 saturated heterocycles. The van der Waals surface area contributed by atoms with Gasteiger partial charge >= 0.3 is 0 Å². The maximum atomic E-state index is 14.9. The predicted molar refractivity (Wildman–Crippen MR) is 515 cm³/mol. The summed E-state index contributed by atoms with van der Waals surface area (Å²) in [6.45, 7) is 33.8. The van der Waals surface area contributed by atoms with Crippen LogP contribution in [0.15, 0.2) is 298 Å². The molecule has 0 aliphatic heterocycles. The molecule has 0 saturated carbocycles. The lowest BCUT2D eigenvalue weighted by molar-refractivity contribution is -0.659. The number of rotatable bonds is 21. The van der Waals surface area contributed by atoms with E-state index in [2.05, 4.69) is 399 Å². The molecule has 16 aromatic rings. The first kappa shape index (κ1) is 87.0. The van der Waals surface area contributed by atoms with Crippen LogP contribution < -0.4 is 18.3 Å². The Balaban J connectivity index is 0.000000139. The van der Waals surface area contributed by atoms with Gasteiger partial charge in [0.2, 0.25) is 22.8 Å². The van der Waals surface area contributed by atoms with E-state index in [9.17, 15) is 4.39 Å². The van der Waals surface area contributed by atoms with Crippen LogP contribution >= 0.6 is 0 Å². The average Bonchev–Trinajstić information content (AvgIpc) is 0.753. The number of aryl methyl sites for hydroxylation is 7. The number of nitrogens with zero attached hydrogens (tertiary/aromatic N) is 4. The number of hydrogen-bond acceptors (Lipinski definition) is 0. The molecule has 0 bridgehead atoms. The second kappa shape index (κ2) is 39.6. The van der Waals surface area contributed by atoms with Gasteiger partial charge in [0.05, 0.1) is 43.8 Å². The number of aromatic nitrogens is 4. The lowest BCUT2D eigenvalue weighted by Gasteiger charge is -2.18. The Morgan fingerprint density at radius 2 is 0.554 bits per heavy atom. The van der Waals surface area contributed by atoms with Gasteiger partial charge in [0.15, 0.2) is 24.8 Å². The Kier molecular flexibility index (Phi) is 28.5. The van der Waals surface area contributed by atoms with Crippen LogP contribution in [0.2, 0.25) is 0 Å². The molecule has 12 aromatic carbocycles. The molecule has 4 heterocycles. The smallest absolute Gasteiger partial charge is 0.206 e. The Labute approximate surface area is 722 Å². The van der Waals surface area contributed by atoms with Crippen LogP contribution in [0.5, 0.6) is 0 Å². The van der Waals surface area contributed by atoms with Crippen molar-refractivity contribution in [3.05, 3.63) is 359 Å².